The van der Waals surface area contributed by atoms with Gasteiger partial charge in [-0.05, 0) is 0 Å². The molecule has 1 unspecified atom stereocenters. The van der Waals surface area contributed by atoms with Crippen molar-refractivity contribution in [2.75, 3.05) is 6.54 Å². The molecule has 1 aliphatic rings. The third-order valence-electron chi connectivity index (χ3n) is 1.76. The minimum Gasteiger partial charge on any atom is -0.368 e. The Hall–Kier alpha value is -1.59. The second-order valence-electron chi connectivity index (χ2n) is 2.63. The summed E-state index contributed by atoms with van der Waals surface area (Å²) in [5, 5.41) is 0. The highest BCUT2D eigenvalue weighted by Gasteiger charge is 2.36. The highest BCUT2D eigenvalue weighted by atomic mass is 16.2. The van der Waals surface area contributed by atoms with Crippen LogP contribution in [0.2, 0.25) is 0 Å². The standard InChI is InChI=1S/C6H9N3O3/c7-5(11)4-1-3(10)2-9(4)6(8)12/h4H,1-2H2,(H2,7,11)(H2,8,12). The zero-order valence-electron chi connectivity index (χ0n) is 6.32. The minimum absolute atomic E-state index is 0.0156. The number of hydrogen-bond donors (Lipinski definition) is 2. The van der Waals surface area contributed by atoms with E-state index in [1.54, 1.807) is 0 Å². The van der Waals surface area contributed by atoms with Gasteiger partial charge in [0.05, 0.1) is 6.54 Å². The molecule has 12 heavy (non-hydrogen) atoms. The fourth-order valence-corrected chi connectivity index (χ4v) is 1.18. The van der Waals surface area contributed by atoms with Crippen LogP contribution in [-0.2, 0) is 9.59 Å². The number of likely N-dealkylation sites (tertiary alicyclic amines) is 1. The Labute approximate surface area is 68.5 Å². The predicted molar refractivity (Wildman–Crippen MR) is 38.9 cm³/mol. The minimum atomic E-state index is -0.852. The number of carbonyl (C=O) groups is 3. The first-order valence-electron chi connectivity index (χ1n) is 3.39. The van der Waals surface area contributed by atoms with Crippen LogP contribution in [0.1, 0.15) is 6.42 Å². The summed E-state index contributed by atoms with van der Waals surface area (Å²) in [7, 11) is 0. The maximum Gasteiger partial charge on any atom is 0.315 e. The van der Waals surface area contributed by atoms with Gasteiger partial charge >= 0.3 is 6.03 Å². The molecule has 1 atom stereocenters. The zero-order chi connectivity index (χ0) is 9.30. The molecule has 1 saturated heterocycles. The Morgan fingerprint density at radius 3 is 2.33 bits per heavy atom. The van der Waals surface area contributed by atoms with E-state index < -0.39 is 18.0 Å². The lowest BCUT2D eigenvalue weighted by atomic mass is 10.2. The molecule has 66 valence electrons. The highest BCUT2D eigenvalue weighted by Crippen LogP contribution is 2.12. The molecule has 1 aliphatic heterocycles. The molecule has 6 nitrogen and oxygen atoms in total. The van der Waals surface area contributed by atoms with Gasteiger partial charge in [0.2, 0.25) is 5.91 Å². The molecule has 3 amide bonds. The molecular formula is C6H9N3O3. The lowest BCUT2D eigenvalue weighted by Gasteiger charge is -2.17. The van der Waals surface area contributed by atoms with Crippen LogP contribution in [0.5, 0.6) is 0 Å². The summed E-state index contributed by atoms with van der Waals surface area (Å²) in [6.07, 6.45) is -0.0156. The molecular weight excluding hydrogens is 162 g/mol. The van der Waals surface area contributed by atoms with E-state index in [1.165, 1.54) is 0 Å². The topological polar surface area (TPSA) is 106 Å². The third-order valence-corrected chi connectivity index (χ3v) is 1.76. The van der Waals surface area contributed by atoms with E-state index >= 15 is 0 Å². The molecule has 0 aromatic carbocycles. The fourth-order valence-electron chi connectivity index (χ4n) is 1.18. The Balaban J connectivity index is 2.79. The molecule has 1 rings (SSSR count). The molecule has 0 aliphatic carbocycles. The van der Waals surface area contributed by atoms with E-state index in [4.69, 9.17) is 11.5 Å². The largest absolute Gasteiger partial charge is 0.368 e. The van der Waals surface area contributed by atoms with Gasteiger partial charge in [-0.2, -0.15) is 0 Å². The van der Waals surface area contributed by atoms with Crippen LogP contribution in [0.3, 0.4) is 0 Å². The predicted octanol–water partition coefficient (Wildman–Crippen LogP) is -1.81. The number of Topliss-reactive ketones (excluding diaryl/α,β-unsaturated/α-hetero) is 1. The van der Waals surface area contributed by atoms with Crippen LogP contribution in [0.15, 0.2) is 0 Å². The first-order valence-corrected chi connectivity index (χ1v) is 3.39. The number of urea groups is 1. The van der Waals surface area contributed by atoms with E-state index in [0.717, 1.165) is 4.90 Å². The van der Waals surface area contributed by atoms with Gasteiger partial charge in [0.25, 0.3) is 0 Å². The van der Waals surface area contributed by atoms with E-state index in [0.29, 0.717) is 0 Å². The fraction of sp³-hybridized carbons (Fsp3) is 0.500. The average molecular weight is 171 g/mol. The molecule has 4 N–H and O–H groups in total. The maximum absolute atomic E-state index is 10.8. The number of rotatable bonds is 1. The number of amides is 3. The van der Waals surface area contributed by atoms with Crippen LogP contribution in [0, 0.1) is 0 Å². The quantitative estimate of drug-likeness (QED) is 0.485. The molecule has 6 heteroatoms. The van der Waals surface area contributed by atoms with Crippen molar-refractivity contribution in [3.05, 3.63) is 0 Å². The molecule has 1 heterocycles. The molecule has 0 aromatic rings. The van der Waals surface area contributed by atoms with Gasteiger partial charge in [-0.15, -0.1) is 0 Å². The molecule has 1 fully saturated rings. The van der Waals surface area contributed by atoms with Crippen LogP contribution < -0.4 is 11.5 Å². The molecule has 0 bridgehead atoms. The smallest absolute Gasteiger partial charge is 0.315 e. The van der Waals surface area contributed by atoms with Crippen LogP contribution in [0.4, 0.5) is 4.79 Å². The number of nitrogens with two attached hydrogens (primary N) is 2. The van der Waals surface area contributed by atoms with Crippen LogP contribution in [0.25, 0.3) is 0 Å². The van der Waals surface area contributed by atoms with Crippen molar-refractivity contribution in [3.8, 4) is 0 Å². The molecule has 0 spiro atoms. The van der Waals surface area contributed by atoms with Gasteiger partial charge in [-0.25, -0.2) is 4.79 Å². The van der Waals surface area contributed by atoms with Crippen molar-refractivity contribution in [1.29, 1.82) is 0 Å². The van der Waals surface area contributed by atoms with E-state index in [1.807, 2.05) is 0 Å². The lowest BCUT2D eigenvalue weighted by molar-refractivity contribution is -0.122. The van der Waals surface area contributed by atoms with E-state index in [9.17, 15) is 14.4 Å². The van der Waals surface area contributed by atoms with Crippen molar-refractivity contribution < 1.29 is 14.4 Å². The van der Waals surface area contributed by atoms with Crippen molar-refractivity contribution in [2.45, 2.75) is 12.5 Å². The summed E-state index contributed by atoms with van der Waals surface area (Å²) >= 11 is 0. The highest BCUT2D eigenvalue weighted by molar-refractivity contribution is 5.97. The first-order chi connectivity index (χ1) is 5.52. The maximum atomic E-state index is 10.8. The monoisotopic (exact) mass is 171 g/mol. The number of ketones is 1. The van der Waals surface area contributed by atoms with E-state index in [-0.39, 0.29) is 18.7 Å². The first kappa shape index (κ1) is 8.51. The molecule has 0 radical (unpaired) electrons. The zero-order valence-corrected chi connectivity index (χ0v) is 6.32. The second-order valence-corrected chi connectivity index (χ2v) is 2.63. The van der Waals surface area contributed by atoms with Crippen LogP contribution >= 0.6 is 0 Å². The number of carbonyl (C=O) groups excluding carboxylic acids is 3. The van der Waals surface area contributed by atoms with E-state index in [2.05, 4.69) is 0 Å². The van der Waals surface area contributed by atoms with Gasteiger partial charge < -0.3 is 16.4 Å². The summed E-state index contributed by atoms with van der Waals surface area (Å²) < 4.78 is 0. The van der Waals surface area contributed by atoms with Gasteiger partial charge in [0.1, 0.15) is 6.04 Å². The third kappa shape index (κ3) is 1.36. The van der Waals surface area contributed by atoms with Crippen molar-refractivity contribution >= 4 is 17.7 Å². The number of hydrogen-bond acceptors (Lipinski definition) is 3. The van der Waals surface area contributed by atoms with Crippen LogP contribution in [-0.4, -0.2) is 35.2 Å². The van der Waals surface area contributed by atoms with Gasteiger partial charge in [-0.1, -0.05) is 0 Å². The Bertz CT molecular complexity index is 226. The Morgan fingerprint density at radius 2 is 2.00 bits per heavy atom. The Morgan fingerprint density at radius 1 is 1.42 bits per heavy atom. The summed E-state index contributed by atoms with van der Waals surface area (Å²) in [4.78, 5) is 33.1. The summed E-state index contributed by atoms with van der Waals surface area (Å²) in [6.45, 7) is -0.108. The molecule has 0 aromatic heterocycles. The summed E-state index contributed by atoms with van der Waals surface area (Å²) in [5.41, 5.74) is 9.86. The summed E-state index contributed by atoms with van der Waals surface area (Å²) in [6, 6.07) is -1.64. The van der Waals surface area contributed by atoms with Gasteiger partial charge in [0, 0.05) is 6.42 Å². The van der Waals surface area contributed by atoms with Gasteiger partial charge in [-0.3, -0.25) is 9.59 Å². The van der Waals surface area contributed by atoms with Crippen molar-refractivity contribution in [3.63, 3.8) is 0 Å². The van der Waals surface area contributed by atoms with Gasteiger partial charge in [0.15, 0.2) is 5.78 Å². The number of primary amides is 2. The average Bonchev–Trinajstić information content (AvgIpc) is 2.31. The van der Waals surface area contributed by atoms with Crippen molar-refractivity contribution in [1.82, 2.24) is 4.90 Å². The molecule has 0 saturated carbocycles. The summed E-state index contributed by atoms with van der Waals surface area (Å²) in [5.74, 6) is -0.891. The van der Waals surface area contributed by atoms with Crippen molar-refractivity contribution in [2.24, 2.45) is 11.5 Å². The second kappa shape index (κ2) is 2.80. The SMILES string of the molecule is NC(=O)C1CC(=O)CN1C(N)=O. The lowest BCUT2D eigenvalue weighted by Crippen LogP contribution is -2.46. The normalized spacial score (nSPS) is 22.8. The number of nitrogens with zero attached hydrogens (tertiary/aromatic N) is 1. The Kier molecular flexibility index (Phi) is 1.99.